The Morgan fingerprint density at radius 1 is 1.26 bits per heavy atom. The number of nitrogens with zero attached hydrogens (tertiary/aromatic N) is 1. The van der Waals surface area contributed by atoms with Gasteiger partial charge < -0.3 is 15.3 Å². The van der Waals surface area contributed by atoms with Crippen molar-refractivity contribution in [3.05, 3.63) is 12.2 Å². The van der Waals surface area contributed by atoms with Crippen molar-refractivity contribution in [2.45, 2.75) is 57.0 Å². The summed E-state index contributed by atoms with van der Waals surface area (Å²) in [6.45, 7) is 0.673. The highest BCUT2D eigenvalue weighted by molar-refractivity contribution is 5.76. The molecule has 2 unspecified atom stereocenters. The number of hydrogen-bond donors (Lipinski definition) is 2. The number of hydrogen-bond acceptors (Lipinski definition) is 2. The molecule has 1 aliphatic carbocycles. The van der Waals surface area contributed by atoms with Gasteiger partial charge in [0.15, 0.2) is 0 Å². The molecule has 0 saturated carbocycles. The first-order chi connectivity index (χ1) is 9.16. The van der Waals surface area contributed by atoms with Crippen LogP contribution in [0.2, 0.25) is 0 Å². The monoisotopic (exact) mass is 266 g/mol. The highest BCUT2D eigenvalue weighted by Gasteiger charge is 2.29. The quantitative estimate of drug-likeness (QED) is 0.769. The van der Waals surface area contributed by atoms with E-state index in [1.807, 2.05) is 0 Å². The Bertz CT molecular complexity index is 368. The number of piperidine rings is 1. The van der Waals surface area contributed by atoms with Crippen LogP contribution in [0.1, 0.15) is 44.9 Å². The van der Waals surface area contributed by atoms with Gasteiger partial charge in [0.1, 0.15) is 0 Å². The normalized spacial score (nSPS) is 27.1. The molecule has 0 aromatic carbocycles. The van der Waals surface area contributed by atoms with Crippen LogP contribution in [0, 0.1) is 0 Å². The number of nitrogens with one attached hydrogen (secondary N) is 1. The summed E-state index contributed by atoms with van der Waals surface area (Å²) < 4.78 is 0. The summed E-state index contributed by atoms with van der Waals surface area (Å²) >= 11 is 0. The van der Waals surface area contributed by atoms with Gasteiger partial charge in [-0.3, -0.25) is 4.79 Å². The second-order valence-electron chi connectivity index (χ2n) is 5.37. The minimum atomic E-state index is -0.828. The Morgan fingerprint density at radius 2 is 2.11 bits per heavy atom. The van der Waals surface area contributed by atoms with Gasteiger partial charge in [-0.25, -0.2) is 4.79 Å². The number of carbonyl (C=O) groups is 2. The number of allylic oxidation sites excluding steroid dienone is 1. The highest BCUT2D eigenvalue weighted by Crippen LogP contribution is 2.20. The first-order valence-electron chi connectivity index (χ1n) is 7.10. The molecule has 1 aliphatic heterocycles. The lowest BCUT2D eigenvalue weighted by Crippen LogP contribution is -2.51. The van der Waals surface area contributed by atoms with Crippen LogP contribution < -0.4 is 5.32 Å². The molecule has 5 heteroatoms. The Morgan fingerprint density at radius 3 is 2.79 bits per heavy atom. The lowest BCUT2D eigenvalue weighted by molar-refractivity contribution is -0.138. The van der Waals surface area contributed by atoms with Crippen molar-refractivity contribution in [2.24, 2.45) is 0 Å². The molecule has 0 radical (unpaired) electrons. The number of urea groups is 1. The predicted molar refractivity (Wildman–Crippen MR) is 71.9 cm³/mol. The minimum absolute atomic E-state index is 0.0536. The number of aliphatic carboxylic acids is 1. The van der Waals surface area contributed by atoms with Crippen LogP contribution in [0.3, 0.4) is 0 Å². The highest BCUT2D eigenvalue weighted by atomic mass is 16.4. The third-order valence-electron chi connectivity index (χ3n) is 3.89. The second kappa shape index (κ2) is 6.59. The van der Waals surface area contributed by atoms with Crippen LogP contribution >= 0.6 is 0 Å². The van der Waals surface area contributed by atoms with Crippen molar-refractivity contribution < 1.29 is 14.7 Å². The van der Waals surface area contributed by atoms with Crippen molar-refractivity contribution in [3.63, 3.8) is 0 Å². The molecule has 0 aromatic heterocycles. The van der Waals surface area contributed by atoms with Gasteiger partial charge in [-0.05, 0) is 38.5 Å². The minimum Gasteiger partial charge on any atom is -0.481 e. The smallest absolute Gasteiger partial charge is 0.317 e. The lowest BCUT2D eigenvalue weighted by atomic mass is 9.99. The fourth-order valence-electron chi connectivity index (χ4n) is 2.86. The molecule has 0 bridgehead atoms. The molecule has 5 nitrogen and oxygen atoms in total. The van der Waals surface area contributed by atoms with E-state index in [0.717, 1.165) is 38.5 Å². The number of carboxylic acid groups (broad SMARTS) is 1. The second-order valence-corrected chi connectivity index (χ2v) is 5.37. The summed E-state index contributed by atoms with van der Waals surface area (Å²) in [5.41, 5.74) is 0. The van der Waals surface area contributed by atoms with Gasteiger partial charge in [-0.1, -0.05) is 12.2 Å². The van der Waals surface area contributed by atoms with E-state index in [-0.39, 0.29) is 24.5 Å². The van der Waals surface area contributed by atoms with E-state index in [9.17, 15) is 9.59 Å². The first kappa shape index (κ1) is 13.9. The Kier molecular flexibility index (Phi) is 4.82. The maximum absolute atomic E-state index is 12.3. The fraction of sp³-hybridized carbons (Fsp3) is 0.714. The largest absolute Gasteiger partial charge is 0.481 e. The molecular formula is C14H22N2O3. The number of rotatable bonds is 3. The van der Waals surface area contributed by atoms with Crippen LogP contribution in [-0.2, 0) is 4.79 Å². The van der Waals surface area contributed by atoms with Crippen molar-refractivity contribution in [2.75, 3.05) is 6.54 Å². The summed E-state index contributed by atoms with van der Waals surface area (Å²) in [7, 11) is 0. The summed E-state index contributed by atoms with van der Waals surface area (Å²) in [4.78, 5) is 24.8. The van der Waals surface area contributed by atoms with E-state index in [1.54, 1.807) is 4.90 Å². The van der Waals surface area contributed by atoms with Crippen LogP contribution in [0.15, 0.2) is 12.2 Å². The van der Waals surface area contributed by atoms with Crippen molar-refractivity contribution >= 4 is 12.0 Å². The molecule has 2 N–H and O–H groups in total. The molecule has 1 saturated heterocycles. The zero-order valence-electron chi connectivity index (χ0n) is 11.2. The van der Waals surface area contributed by atoms with Crippen LogP contribution in [0.4, 0.5) is 4.79 Å². The van der Waals surface area contributed by atoms with Gasteiger partial charge >= 0.3 is 12.0 Å². The molecular weight excluding hydrogens is 244 g/mol. The number of likely N-dealkylation sites (tertiary alicyclic amines) is 1. The maximum Gasteiger partial charge on any atom is 0.317 e. The molecule has 1 fully saturated rings. The Balaban J connectivity index is 1.90. The summed E-state index contributed by atoms with van der Waals surface area (Å²) in [5.74, 6) is -0.828. The van der Waals surface area contributed by atoms with E-state index in [2.05, 4.69) is 17.5 Å². The van der Waals surface area contributed by atoms with Crippen LogP contribution in [-0.4, -0.2) is 40.6 Å². The third-order valence-corrected chi connectivity index (χ3v) is 3.89. The van der Waals surface area contributed by atoms with Gasteiger partial charge in [0.05, 0.1) is 6.42 Å². The first-order valence-corrected chi connectivity index (χ1v) is 7.10. The summed E-state index contributed by atoms with van der Waals surface area (Å²) in [6, 6.07) is -0.0402. The van der Waals surface area contributed by atoms with Crippen molar-refractivity contribution in [3.8, 4) is 0 Å². The van der Waals surface area contributed by atoms with Gasteiger partial charge in [-0.15, -0.1) is 0 Å². The van der Waals surface area contributed by atoms with Crippen LogP contribution in [0.5, 0.6) is 0 Å². The van der Waals surface area contributed by atoms with E-state index < -0.39 is 5.97 Å². The lowest BCUT2D eigenvalue weighted by Gasteiger charge is -2.36. The number of carboxylic acids is 1. The van der Waals surface area contributed by atoms with E-state index >= 15 is 0 Å². The maximum atomic E-state index is 12.3. The third kappa shape index (κ3) is 3.98. The standard InChI is InChI=1S/C14H22N2O3/c17-13(18)10-12-8-4-5-9-16(12)14(19)15-11-6-2-1-3-7-11/h1-2,11-12H,3-10H2,(H,15,19)(H,17,18). The Labute approximate surface area is 113 Å². The van der Waals surface area contributed by atoms with Crippen molar-refractivity contribution in [1.29, 1.82) is 0 Å². The average Bonchev–Trinajstić information content (AvgIpc) is 2.39. The SMILES string of the molecule is O=C(O)CC1CCCCN1C(=O)NC1CC=CCC1. The molecule has 19 heavy (non-hydrogen) atoms. The number of carbonyl (C=O) groups excluding carboxylic acids is 1. The van der Waals surface area contributed by atoms with E-state index in [0.29, 0.717) is 6.54 Å². The molecule has 1 heterocycles. The molecule has 2 atom stereocenters. The van der Waals surface area contributed by atoms with Crippen LogP contribution in [0.25, 0.3) is 0 Å². The molecule has 106 valence electrons. The van der Waals surface area contributed by atoms with Gasteiger partial charge in [-0.2, -0.15) is 0 Å². The summed E-state index contributed by atoms with van der Waals surface area (Å²) in [5, 5.41) is 12.0. The molecule has 0 spiro atoms. The fourth-order valence-corrected chi connectivity index (χ4v) is 2.86. The van der Waals surface area contributed by atoms with Gasteiger partial charge in [0.25, 0.3) is 0 Å². The average molecular weight is 266 g/mol. The molecule has 2 rings (SSSR count). The Hall–Kier alpha value is -1.52. The van der Waals surface area contributed by atoms with Gasteiger partial charge in [0.2, 0.25) is 0 Å². The van der Waals surface area contributed by atoms with Gasteiger partial charge in [0, 0.05) is 18.6 Å². The van der Waals surface area contributed by atoms with E-state index in [4.69, 9.17) is 5.11 Å². The molecule has 2 aliphatic rings. The zero-order valence-corrected chi connectivity index (χ0v) is 11.2. The topological polar surface area (TPSA) is 69.6 Å². The summed E-state index contributed by atoms with van der Waals surface area (Å²) in [6.07, 6.45) is 9.91. The zero-order chi connectivity index (χ0) is 13.7. The van der Waals surface area contributed by atoms with Crippen molar-refractivity contribution in [1.82, 2.24) is 10.2 Å². The number of amides is 2. The molecule has 0 aromatic rings. The van der Waals surface area contributed by atoms with E-state index in [1.165, 1.54) is 0 Å². The molecule has 2 amide bonds. The predicted octanol–water partition coefficient (Wildman–Crippen LogP) is 2.13.